The van der Waals surface area contributed by atoms with Crippen molar-refractivity contribution in [2.75, 3.05) is 0 Å². The van der Waals surface area contributed by atoms with E-state index in [-0.39, 0.29) is 22.8 Å². The summed E-state index contributed by atoms with van der Waals surface area (Å²) in [5.41, 5.74) is -0.503. The van der Waals surface area contributed by atoms with Gasteiger partial charge in [0.15, 0.2) is 0 Å². The maximum absolute atomic E-state index is 13.2. The van der Waals surface area contributed by atoms with Gasteiger partial charge in [0.2, 0.25) is 0 Å². The van der Waals surface area contributed by atoms with Crippen LogP contribution in [0.25, 0.3) is 0 Å². The van der Waals surface area contributed by atoms with Crippen LogP contribution in [0.2, 0.25) is 0 Å². The third-order valence-corrected chi connectivity index (χ3v) is 10.2. The molecule has 4 nitrogen and oxygen atoms in total. The van der Waals surface area contributed by atoms with Gasteiger partial charge in [0.05, 0.1) is 10.8 Å². The van der Waals surface area contributed by atoms with Crippen LogP contribution < -0.4 is 9.47 Å². The van der Waals surface area contributed by atoms with Crippen LogP contribution in [0.4, 0.5) is 0 Å². The molecule has 8 aliphatic carbocycles. The first-order valence-electron chi connectivity index (χ1n) is 13.0. The molecule has 0 amide bonds. The van der Waals surface area contributed by atoms with Gasteiger partial charge in [-0.05, 0) is 137 Å². The van der Waals surface area contributed by atoms with Gasteiger partial charge in [0.1, 0.15) is 11.5 Å². The molecule has 8 fully saturated rings. The van der Waals surface area contributed by atoms with Crippen molar-refractivity contribution >= 4 is 11.9 Å². The van der Waals surface area contributed by atoms with E-state index in [4.69, 9.17) is 9.47 Å². The highest BCUT2D eigenvalue weighted by atomic mass is 16.5. The van der Waals surface area contributed by atoms with E-state index >= 15 is 0 Å². The van der Waals surface area contributed by atoms with E-state index in [0.717, 1.165) is 74.0 Å². The smallest absolute Gasteiger partial charge is 0.317 e. The van der Waals surface area contributed by atoms with Crippen molar-refractivity contribution in [2.24, 2.45) is 46.3 Å². The molecule has 32 heavy (non-hydrogen) atoms. The van der Waals surface area contributed by atoms with Crippen LogP contribution in [-0.4, -0.2) is 11.9 Å². The summed E-state index contributed by atoms with van der Waals surface area (Å²) < 4.78 is 11.8. The van der Waals surface area contributed by atoms with Gasteiger partial charge in [-0.1, -0.05) is 0 Å². The second kappa shape index (κ2) is 6.84. The molecule has 170 valence electrons. The molecule has 0 N–H and O–H groups in total. The summed E-state index contributed by atoms with van der Waals surface area (Å²) in [6.07, 6.45) is 14.0. The first-order chi connectivity index (χ1) is 15.5. The second-order valence-corrected chi connectivity index (χ2v) is 12.6. The molecule has 8 saturated carbocycles. The normalized spacial score (nSPS) is 45.1. The van der Waals surface area contributed by atoms with E-state index in [1.807, 2.05) is 0 Å². The zero-order valence-corrected chi connectivity index (χ0v) is 18.9. The SMILES string of the molecule is O=C(Oc1ccc(OC(=O)C23CC4CC(CC(C4)C2)C3)cc1)C12CC3CC(CC(C3)C1)C2. The van der Waals surface area contributed by atoms with Crippen LogP contribution in [0.3, 0.4) is 0 Å². The van der Waals surface area contributed by atoms with Crippen LogP contribution in [0.5, 0.6) is 11.5 Å². The molecule has 0 unspecified atom stereocenters. The second-order valence-electron chi connectivity index (χ2n) is 12.6. The minimum atomic E-state index is -0.252. The standard InChI is InChI=1S/C28H34O4/c29-25(27-11-17-5-18(12-27)7-19(6-17)13-27)31-23-1-2-24(4-3-23)32-26(30)28-14-20-8-21(15-28)10-22(9-20)16-28/h1-4,17-22H,5-16H2. The predicted octanol–water partition coefficient (Wildman–Crippen LogP) is 5.93. The van der Waals surface area contributed by atoms with Crippen molar-refractivity contribution in [1.29, 1.82) is 0 Å². The highest BCUT2D eigenvalue weighted by molar-refractivity contribution is 5.81. The van der Waals surface area contributed by atoms with Crippen molar-refractivity contribution in [1.82, 2.24) is 0 Å². The molecule has 0 aromatic heterocycles. The maximum atomic E-state index is 13.2. The topological polar surface area (TPSA) is 52.6 Å². The van der Waals surface area contributed by atoms with Gasteiger partial charge in [-0.2, -0.15) is 0 Å². The summed E-state index contributed by atoms with van der Waals surface area (Å²) >= 11 is 0. The quantitative estimate of drug-likeness (QED) is 0.435. The number of hydrogen-bond donors (Lipinski definition) is 0. The third kappa shape index (κ3) is 3.08. The van der Waals surface area contributed by atoms with Crippen LogP contribution in [0.15, 0.2) is 24.3 Å². The molecule has 9 rings (SSSR count). The Morgan fingerprint density at radius 3 is 1.03 bits per heavy atom. The highest BCUT2D eigenvalue weighted by Gasteiger charge is 2.56. The summed E-state index contributed by atoms with van der Waals surface area (Å²) in [7, 11) is 0. The first kappa shape index (κ1) is 19.6. The molecular formula is C28H34O4. The molecule has 0 heterocycles. The fourth-order valence-corrected chi connectivity index (χ4v) is 9.73. The Kier molecular flexibility index (Phi) is 4.19. The van der Waals surface area contributed by atoms with Gasteiger partial charge in [-0.3, -0.25) is 9.59 Å². The lowest BCUT2D eigenvalue weighted by Gasteiger charge is -2.55. The Hall–Kier alpha value is -1.84. The molecule has 8 aliphatic rings. The van der Waals surface area contributed by atoms with Gasteiger partial charge in [-0.15, -0.1) is 0 Å². The van der Waals surface area contributed by atoms with Crippen LogP contribution >= 0.6 is 0 Å². The Labute approximate surface area is 190 Å². The van der Waals surface area contributed by atoms with E-state index in [9.17, 15) is 9.59 Å². The molecule has 4 heteroatoms. The largest absolute Gasteiger partial charge is 0.426 e. The molecule has 0 radical (unpaired) electrons. The Morgan fingerprint density at radius 2 is 0.781 bits per heavy atom. The molecule has 1 aromatic rings. The minimum absolute atomic E-state index is 0.0325. The number of ether oxygens (including phenoxy) is 2. The number of carbonyl (C=O) groups is 2. The molecule has 0 atom stereocenters. The summed E-state index contributed by atoms with van der Waals surface area (Å²) in [5, 5.41) is 0. The summed E-state index contributed by atoms with van der Waals surface area (Å²) in [4.78, 5) is 26.4. The van der Waals surface area contributed by atoms with Crippen molar-refractivity contribution in [2.45, 2.75) is 77.0 Å². The average molecular weight is 435 g/mol. The van der Waals surface area contributed by atoms with E-state index < -0.39 is 0 Å². The van der Waals surface area contributed by atoms with Crippen LogP contribution in [0.1, 0.15) is 77.0 Å². The molecule has 8 bridgehead atoms. The number of hydrogen-bond acceptors (Lipinski definition) is 4. The molecule has 1 aromatic carbocycles. The lowest BCUT2D eigenvalue weighted by atomic mass is 9.49. The molecule has 0 spiro atoms. The lowest BCUT2D eigenvalue weighted by molar-refractivity contribution is -0.162. The average Bonchev–Trinajstić information content (AvgIpc) is 2.73. The summed E-state index contributed by atoms with van der Waals surface area (Å²) in [6, 6.07) is 7.17. The molecule has 0 aliphatic heterocycles. The number of rotatable bonds is 4. The number of esters is 2. The van der Waals surface area contributed by atoms with E-state index in [1.165, 1.54) is 38.5 Å². The van der Waals surface area contributed by atoms with Gasteiger partial charge in [0.25, 0.3) is 0 Å². The highest BCUT2D eigenvalue weighted by Crippen LogP contribution is 2.61. The van der Waals surface area contributed by atoms with Crippen molar-refractivity contribution < 1.29 is 19.1 Å². The Morgan fingerprint density at radius 1 is 0.531 bits per heavy atom. The van der Waals surface area contributed by atoms with E-state index in [2.05, 4.69) is 0 Å². The van der Waals surface area contributed by atoms with Gasteiger partial charge in [0, 0.05) is 0 Å². The first-order valence-corrected chi connectivity index (χ1v) is 13.0. The summed E-state index contributed by atoms with van der Waals surface area (Å²) in [6.45, 7) is 0. The van der Waals surface area contributed by atoms with E-state index in [0.29, 0.717) is 11.5 Å². The van der Waals surface area contributed by atoms with Gasteiger partial charge >= 0.3 is 11.9 Å². The third-order valence-electron chi connectivity index (χ3n) is 10.2. The lowest BCUT2D eigenvalue weighted by Crippen LogP contribution is -2.51. The molecular weight excluding hydrogens is 400 g/mol. The van der Waals surface area contributed by atoms with Gasteiger partial charge in [-0.25, -0.2) is 0 Å². The predicted molar refractivity (Wildman–Crippen MR) is 119 cm³/mol. The minimum Gasteiger partial charge on any atom is -0.426 e. The van der Waals surface area contributed by atoms with E-state index in [1.54, 1.807) is 24.3 Å². The Bertz CT molecular complexity index is 797. The maximum Gasteiger partial charge on any atom is 0.317 e. The van der Waals surface area contributed by atoms with Crippen LogP contribution in [0, 0.1) is 46.3 Å². The fourth-order valence-electron chi connectivity index (χ4n) is 9.73. The zero-order valence-electron chi connectivity index (χ0n) is 18.9. The van der Waals surface area contributed by atoms with Crippen molar-refractivity contribution in [3.63, 3.8) is 0 Å². The van der Waals surface area contributed by atoms with Crippen LogP contribution in [-0.2, 0) is 9.59 Å². The number of benzene rings is 1. The molecule has 0 saturated heterocycles. The number of carbonyl (C=O) groups excluding carboxylic acids is 2. The zero-order chi connectivity index (χ0) is 21.5. The Balaban J connectivity index is 1.02. The summed E-state index contributed by atoms with van der Waals surface area (Å²) in [5.74, 6) is 5.41. The van der Waals surface area contributed by atoms with Crippen molar-refractivity contribution in [3.8, 4) is 11.5 Å². The van der Waals surface area contributed by atoms with Gasteiger partial charge < -0.3 is 9.47 Å². The fraction of sp³-hybridized carbons (Fsp3) is 0.714. The monoisotopic (exact) mass is 434 g/mol. The van der Waals surface area contributed by atoms with Crippen molar-refractivity contribution in [3.05, 3.63) is 24.3 Å².